The molecule has 1 fully saturated rings. The van der Waals surface area contributed by atoms with Crippen molar-refractivity contribution in [3.05, 3.63) is 0 Å². The molecule has 0 aromatic rings. The van der Waals surface area contributed by atoms with Gasteiger partial charge in [0.05, 0.1) is 0 Å². The fraction of sp³-hybridized carbons (Fsp3) is 1.00. The van der Waals surface area contributed by atoms with E-state index in [2.05, 4.69) is 27.7 Å². The minimum absolute atomic E-state index is 0.995. The Kier molecular flexibility index (Phi) is 4.28. The predicted octanol–water partition coefficient (Wildman–Crippen LogP) is 4.49. The highest BCUT2D eigenvalue weighted by Gasteiger charge is 2.41. The monoisotopic (exact) mass is 182 g/mol. The van der Waals surface area contributed by atoms with Gasteiger partial charge in [-0.15, -0.1) is 0 Å². The lowest BCUT2D eigenvalue weighted by atomic mass is 9.84. The average Bonchev–Trinajstić information content (AvgIpc) is 2.92. The van der Waals surface area contributed by atoms with Crippen LogP contribution in [-0.4, -0.2) is 0 Å². The molecular weight excluding hydrogens is 156 g/mol. The maximum atomic E-state index is 2.49. The van der Waals surface area contributed by atoms with Gasteiger partial charge in [-0.2, -0.15) is 0 Å². The number of hydrogen-bond acceptors (Lipinski definition) is 0. The van der Waals surface area contributed by atoms with Crippen LogP contribution >= 0.6 is 0 Å². The van der Waals surface area contributed by atoms with Gasteiger partial charge in [-0.25, -0.2) is 0 Å². The van der Waals surface area contributed by atoms with Crippen molar-refractivity contribution in [3.8, 4) is 0 Å². The molecule has 0 aromatic carbocycles. The first-order valence-electron chi connectivity index (χ1n) is 6.24. The Labute approximate surface area is 84.1 Å². The Bertz CT molecular complexity index is 139. The normalized spacial score (nSPS) is 31.4. The highest BCUT2D eigenvalue weighted by molar-refractivity contribution is 4.90. The van der Waals surface area contributed by atoms with Crippen LogP contribution in [0, 0.1) is 23.7 Å². The van der Waals surface area contributed by atoms with Gasteiger partial charge in [0.1, 0.15) is 0 Å². The van der Waals surface area contributed by atoms with Crippen molar-refractivity contribution in [1.29, 1.82) is 0 Å². The van der Waals surface area contributed by atoms with Gasteiger partial charge in [-0.3, -0.25) is 0 Å². The summed E-state index contributed by atoms with van der Waals surface area (Å²) < 4.78 is 0. The van der Waals surface area contributed by atoms with Gasteiger partial charge in [-0.05, 0) is 30.1 Å². The topological polar surface area (TPSA) is 0 Å². The molecule has 0 heteroatoms. The lowest BCUT2D eigenvalue weighted by Gasteiger charge is -2.22. The quantitative estimate of drug-likeness (QED) is 0.567. The molecule has 0 aromatic heterocycles. The van der Waals surface area contributed by atoms with Crippen molar-refractivity contribution in [3.63, 3.8) is 0 Å². The van der Waals surface area contributed by atoms with E-state index in [9.17, 15) is 0 Å². The minimum atomic E-state index is 0.995. The third-order valence-corrected chi connectivity index (χ3v) is 4.10. The van der Waals surface area contributed by atoms with Gasteiger partial charge in [-0.1, -0.05) is 53.4 Å². The molecule has 0 heterocycles. The first-order chi connectivity index (χ1) is 6.24. The van der Waals surface area contributed by atoms with E-state index in [1.165, 1.54) is 32.1 Å². The summed E-state index contributed by atoms with van der Waals surface area (Å²) in [7, 11) is 0. The van der Waals surface area contributed by atoms with E-state index >= 15 is 0 Å². The molecule has 0 spiro atoms. The molecule has 13 heavy (non-hydrogen) atoms. The Morgan fingerprint density at radius 2 is 1.92 bits per heavy atom. The molecule has 1 rings (SSSR count). The van der Waals surface area contributed by atoms with Gasteiger partial charge in [0, 0.05) is 0 Å². The average molecular weight is 182 g/mol. The summed E-state index contributed by atoms with van der Waals surface area (Å²) in [5, 5.41) is 0. The zero-order valence-electron chi connectivity index (χ0n) is 9.84. The summed E-state index contributed by atoms with van der Waals surface area (Å²) in [5.74, 6) is 4.17. The van der Waals surface area contributed by atoms with Crippen LogP contribution < -0.4 is 0 Å². The van der Waals surface area contributed by atoms with Crippen LogP contribution in [0.15, 0.2) is 0 Å². The Morgan fingerprint density at radius 1 is 1.23 bits per heavy atom. The molecule has 4 atom stereocenters. The van der Waals surface area contributed by atoms with Crippen LogP contribution in [0.1, 0.15) is 59.8 Å². The molecule has 0 nitrogen and oxygen atoms in total. The van der Waals surface area contributed by atoms with E-state index in [4.69, 9.17) is 0 Å². The van der Waals surface area contributed by atoms with E-state index in [1.807, 2.05) is 0 Å². The molecule has 0 radical (unpaired) electrons. The summed E-state index contributed by atoms with van der Waals surface area (Å²) in [6.45, 7) is 9.52. The van der Waals surface area contributed by atoms with Crippen LogP contribution in [0.5, 0.6) is 0 Å². The minimum Gasteiger partial charge on any atom is -0.0654 e. The number of rotatable bonds is 6. The van der Waals surface area contributed by atoms with Gasteiger partial charge < -0.3 is 0 Å². The lowest BCUT2D eigenvalue weighted by Crippen LogP contribution is -2.13. The van der Waals surface area contributed by atoms with Crippen molar-refractivity contribution in [2.24, 2.45) is 23.7 Å². The van der Waals surface area contributed by atoms with E-state index in [1.54, 1.807) is 0 Å². The van der Waals surface area contributed by atoms with E-state index in [0.29, 0.717) is 0 Å². The van der Waals surface area contributed by atoms with E-state index in [0.717, 1.165) is 23.7 Å². The standard InChI is InChI=1S/C13H26/c1-5-8-11(6-2)10(4)13-9-12(13)7-3/h10-13H,5-9H2,1-4H3. The summed E-state index contributed by atoms with van der Waals surface area (Å²) >= 11 is 0. The fourth-order valence-corrected chi connectivity index (χ4v) is 2.94. The fourth-order valence-electron chi connectivity index (χ4n) is 2.94. The highest BCUT2D eigenvalue weighted by Crippen LogP contribution is 2.49. The van der Waals surface area contributed by atoms with Crippen LogP contribution in [0.2, 0.25) is 0 Å². The van der Waals surface area contributed by atoms with Crippen LogP contribution in [0.4, 0.5) is 0 Å². The molecule has 1 aliphatic carbocycles. The SMILES string of the molecule is CCCC(CC)C(C)C1CC1CC. The van der Waals surface area contributed by atoms with Crippen LogP contribution in [-0.2, 0) is 0 Å². The van der Waals surface area contributed by atoms with Crippen molar-refractivity contribution < 1.29 is 0 Å². The van der Waals surface area contributed by atoms with Crippen molar-refractivity contribution in [2.45, 2.75) is 59.8 Å². The summed E-state index contributed by atoms with van der Waals surface area (Å²) in [5.41, 5.74) is 0. The second kappa shape index (κ2) is 5.02. The molecule has 4 unspecified atom stereocenters. The zero-order chi connectivity index (χ0) is 9.84. The first kappa shape index (κ1) is 11.1. The molecule has 0 amide bonds. The van der Waals surface area contributed by atoms with Gasteiger partial charge >= 0.3 is 0 Å². The van der Waals surface area contributed by atoms with E-state index < -0.39 is 0 Å². The molecular formula is C13H26. The Balaban J connectivity index is 2.32. The maximum absolute atomic E-state index is 2.49. The Morgan fingerprint density at radius 3 is 2.31 bits per heavy atom. The van der Waals surface area contributed by atoms with Crippen molar-refractivity contribution >= 4 is 0 Å². The zero-order valence-corrected chi connectivity index (χ0v) is 9.84. The summed E-state index contributed by atoms with van der Waals surface area (Å²) in [4.78, 5) is 0. The van der Waals surface area contributed by atoms with Crippen LogP contribution in [0.25, 0.3) is 0 Å². The molecule has 0 saturated heterocycles. The summed E-state index contributed by atoms with van der Waals surface area (Å²) in [6, 6.07) is 0. The van der Waals surface area contributed by atoms with Gasteiger partial charge in [0.15, 0.2) is 0 Å². The predicted molar refractivity (Wildman–Crippen MR) is 59.7 cm³/mol. The third-order valence-electron chi connectivity index (χ3n) is 4.10. The van der Waals surface area contributed by atoms with Crippen molar-refractivity contribution in [1.82, 2.24) is 0 Å². The molecule has 1 saturated carbocycles. The van der Waals surface area contributed by atoms with Gasteiger partial charge in [0.2, 0.25) is 0 Å². The van der Waals surface area contributed by atoms with Crippen LogP contribution in [0.3, 0.4) is 0 Å². The largest absolute Gasteiger partial charge is 0.0654 e. The second-order valence-electron chi connectivity index (χ2n) is 4.88. The number of hydrogen-bond donors (Lipinski definition) is 0. The highest BCUT2D eigenvalue weighted by atomic mass is 14.5. The summed E-state index contributed by atoms with van der Waals surface area (Å²) in [6.07, 6.45) is 7.15. The maximum Gasteiger partial charge on any atom is -0.0355 e. The third kappa shape index (κ3) is 2.72. The Hall–Kier alpha value is 0. The van der Waals surface area contributed by atoms with Gasteiger partial charge in [0.25, 0.3) is 0 Å². The molecule has 1 aliphatic rings. The smallest absolute Gasteiger partial charge is 0.0355 e. The second-order valence-corrected chi connectivity index (χ2v) is 4.88. The molecule has 0 aliphatic heterocycles. The van der Waals surface area contributed by atoms with Crippen molar-refractivity contribution in [2.75, 3.05) is 0 Å². The molecule has 78 valence electrons. The molecule has 0 bridgehead atoms. The lowest BCUT2D eigenvalue weighted by molar-refractivity contribution is 0.279. The first-order valence-corrected chi connectivity index (χ1v) is 6.24. The van der Waals surface area contributed by atoms with E-state index in [-0.39, 0.29) is 0 Å². The molecule has 0 N–H and O–H groups in total.